The first-order valence-electron chi connectivity index (χ1n) is 6.43. The van der Waals surface area contributed by atoms with Gasteiger partial charge in [0.25, 0.3) is 0 Å². The van der Waals surface area contributed by atoms with Crippen molar-refractivity contribution in [3.63, 3.8) is 0 Å². The Bertz CT molecular complexity index is 229. The third-order valence-corrected chi connectivity index (χ3v) is 2.32. The molecule has 6 heteroatoms. The summed E-state index contributed by atoms with van der Waals surface area (Å²) in [6.45, 7) is 1.68. The molecule has 0 rings (SSSR count). The Morgan fingerprint density at radius 3 is 2.11 bits per heavy atom. The summed E-state index contributed by atoms with van der Waals surface area (Å²) in [6.07, 6.45) is 2.79. The summed E-state index contributed by atoms with van der Waals surface area (Å²) in [4.78, 5) is 20.6. The zero-order chi connectivity index (χ0) is 15.1. The molecular weight excluding hydrogens is 252 g/mol. The van der Waals surface area contributed by atoms with Crippen molar-refractivity contribution in [1.82, 2.24) is 0 Å². The summed E-state index contributed by atoms with van der Waals surface area (Å²) in [6, 6.07) is 0. The molecule has 6 nitrogen and oxygen atoms in total. The second-order valence-corrected chi connectivity index (χ2v) is 4.16. The normalized spacial score (nSPS) is 11.2. The topological polar surface area (TPSA) is 104 Å². The van der Waals surface area contributed by atoms with Crippen LogP contribution in [-0.4, -0.2) is 53.5 Å². The summed E-state index contributed by atoms with van der Waals surface area (Å²) in [5.41, 5.74) is 0. The van der Waals surface area contributed by atoms with Gasteiger partial charge in [-0.1, -0.05) is 0 Å². The molecule has 0 radical (unpaired) electrons. The van der Waals surface area contributed by atoms with Gasteiger partial charge in [0.05, 0.1) is 19.6 Å². The molecule has 0 fully saturated rings. The van der Waals surface area contributed by atoms with Crippen molar-refractivity contribution in [3.05, 3.63) is 0 Å². The number of unbranched alkanes of at least 4 members (excludes halogenated alkanes) is 1. The highest BCUT2D eigenvalue weighted by Crippen LogP contribution is 2.02. The minimum absolute atomic E-state index is 0.0143. The first-order chi connectivity index (χ1) is 8.97. The fraction of sp³-hybridized carbons (Fsp3) is 0.846. The van der Waals surface area contributed by atoms with Gasteiger partial charge in [-0.3, -0.25) is 4.79 Å². The van der Waals surface area contributed by atoms with Crippen molar-refractivity contribution in [3.8, 4) is 0 Å². The minimum atomic E-state index is -0.392. The van der Waals surface area contributed by atoms with Gasteiger partial charge in [0.2, 0.25) is 0 Å². The van der Waals surface area contributed by atoms with Gasteiger partial charge in [-0.2, -0.15) is 0 Å². The maximum Gasteiger partial charge on any atom is 0.305 e. The van der Waals surface area contributed by atoms with Crippen LogP contribution in [0.4, 0.5) is 0 Å². The van der Waals surface area contributed by atoms with Gasteiger partial charge >= 0.3 is 5.97 Å². The number of carbonyl (C=O) groups excluding carboxylic acids is 2. The van der Waals surface area contributed by atoms with Crippen LogP contribution >= 0.6 is 0 Å². The molecular formula is C13H26O6. The maximum atomic E-state index is 10.3. The van der Waals surface area contributed by atoms with E-state index in [4.69, 9.17) is 15.3 Å². The Labute approximate surface area is 114 Å². The molecule has 0 aromatic rings. The van der Waals surface area contributed by atoms with Gasteiger partial charge in [-0.15, -0.1) is 0 Å². The van der Waals surface area contributed by atoms with E-state index in [1.807, 2.05) is 0 Å². The number of carbonyl (C=O) groups is 2. The SMILES string of the molecule is COC(=O)CCC(C)=O.OCCCCC(O)CCO. The number of ether oxygens (including phenoxy) is 1. The number of methoxy groups -OCH3 is 1. The van der Waals surface area contributed by atoms with Crippen LogP contribution in [0.15, 0.2) is 0 Å². The monoisotopic (exact) mass is 278 g/mol. The van der Waals surface area contributed by atoms with E-state index in [0.717, 1.165) is 12.8 Å². The lowest BCUT2D eigenvalue weighted by Crippen LogP contribution is -2.08. The molecule has 19 heavy (non-hydrogen) atoms. The number of esters is 1. The molecule has 0 aromatic carbocycles. The lowest BCUT2D eigenvalue weighted by atomic mass is 10.1. The largest absolute Gasteiger partial charge is 0.469 e. The lowest BCUT2D eigenvalue weighted by Gasteiger charge is -2.06. The Balaban J connectivity index is 0. The molecule has 0 bridgehead atoms. The number of aliphatic hydroxyl groups is 3. The average Bonchev–Trinajstić information content (AvgIpc) is 2.37. The van der Waals surface area contributed by atoms with Crippen LogP contribution in [0.25, 0.3) is 0 Å². The summed E-state index contributed by atoms with van der Waals surface area (Å²) in [5, 5.41) is 25.8. The predicted molar refractivity (Wildman–Crippen MR) is 70.6 cm³/mol. The summed E-state index contributed by atoms with van der Waals surface area (Å²) in [7, 11) is 1.31. The van der Waals surface area contributed by atoms with E-state index in [1.165, 1.54) is 14.0 Å². The van der Waals surface area contributed by atoms with E-state index in [9.17, 15) is 9.59 Å². The van der Waals surface area contributed by atoms with Crippen LogP contribution in [0.2, 0.25) is 0 Å². The third kappa shape index (κ3) is 19.5. The van der Waals surface area contributed by atoms with Crippen LogP contribution in [0.5, 0.6) is 0 Å². The molecule has 0 heterocycles. The van der Waals surface area contributed by atoms with Crippen molar-refractivity contribution in [2.45, 2.75) is 51.6 Å². The first kappa shape index (κ1) is 20.3. The molecule has 3 N–H and O–H groups in total. The van der Waals surface area contributed by atoms with Crippen molar-refractivity contribution in [2.24, 2.45) is 0 Å². The summed E-state index contributed by atoms with van der Waals surface area (Å²) >= 11 is 0. The first-order valence-corrected chi connectivity index (χ1v) is 6.43. The molecule has 0 amide bonds. The predicted octanol–water partition coefficient (Wildman–Crippen LogP) is 0.421. The number of rotatable bonds is 9. The van der Waals surface area contributed by atoms with Crippen LogP contribution in [-0.2, 0) is 14.3 Å². The molecule has 0 saturated carbocycles. The van der Waals surface area contributed by atoms with Crippen LogP contribution < -0.4 is 0 Å². The highest BCUT2D eigenvalue weighted by Gasteiger charge is 2.01. The molecule has 0 spiro atoms. The van der Waals surface area contributed by atoms with Crippen molar-refractivity contribution in [2.75, 3.05) is 20.3 Å². The molecule has 0 aliphatic rings. The second-order valence-electron chi connectivity index (χ2n) is 4.16. The zero-order valence-electron chi connectivity index (χ0n) is 11.8. The molecule has 1 atom stereocenters. The third-order valence-electron chi connectivity index (χ3n) is 2.32. The van der Waals surface area contributed by atoms with Gasteiger partial charge in [0.15, 0.2) is 0 Å². The molecule has 0 saturated heterocycles. The van der Waals surface area contributed by atoms with Gasteiger partial charge in [-0.25, -0.2) is 0 Å². The number of ketones is 1. The number of Topliss-reactive ketones (excluding diaryl/α,β-unsaturated/α-hetero) is 1. The van der Waals surface area contributed by atoms with Crippen molar-refractivity contribution in [1.29, 1.82) is 0 Å². The fourth-order valence-electron chi connectivity index (χ4n) is 1.17. The van der Waals surface area contributed by atoms with E-state index in [1.54, 1.807) is 0 Å². The Morgan fingerprint density at radius 2 is 1.68 bits per heavy atom. The van der Waals surface area contributed by atoms with E-state index in [2.05, 4.69) is 4.74 Å². The van der Waals surface area contributed by atoms with Gasteiger partial charge in [-0.05, 0) is 32.6 Å². The molecule has 0 aromatic heterocycles. The Hall–Kier alpha value is -0.980. The molecule has 0 aliphatic heterocycles. The van der Waals surface area contributed by atoms with E-state index >= 15 is 0 Å². The lowest BCUT2D eigenvalue weighted by molar-refractivity contribution is -0.141. The molecule has 114 valence electrons. The van der Waals surface area contributed by atoms with Crippen LogP contribution in [0, 0.1) is 0 Å². The number of hydrogen-bond donors (Lipinski definition) is 3. The summed E-state index contributed by atoms with van der Waals surface area (Å²) in [5.74, 6) is -0.314. The highest BCUT2D eigenvalue weighted by atomic mass is 16.5. The second kappa shape index (κ2) is 15.1. The Kier molecular flexibility index (Phi) is 16.1. The van der Waals surface area contributed by atoms with E-state index < -0.39 is 6.10 Å². The van der Waals surface area contributed by atoms with Crippen molar-refractivity contribution < 1.29 is 29.6 Å². The maximum absolute atomic E-state index is 10.3. The standard InChI is InChI=1S/C7H16O3.C6H10O3/c8-5-2-1-3-7(10)4-6-9;1-5(7)3-4-6(8)9-2/h7-10H,1-6H2;3-4H2,1-2H3. The van der Waals surface area contributed by atoms with Crippen molar-refractivity contribution >= 4 is 11.8 Å². The molecule has 1 unspecified atom stereocenters. The van der Waals surface area contributed by atoms with Gasteiger partial charge < -0.3 is 24.9 Å². The van der Waals surface area contributed by atoms with Crippen LogP contribution in [0.3, 0.4) is 0 Å². The average molecular weight is 278 g/mol. The quantitative estimate of drug-likeness (QED) is 0.417. The minimum Gasteiger partial charge on any atom is -0.469 e. The summed E-state index contributed by atoms with van der Waals surface area (Å²) < 4.78 is 4.31. The van der Waals surface area contributed by atoms with E-state index in [0.29, 0.717) is 12.8 Å². The molecule has 0 aliphatic carbocycles. The number of hydrogen-bond acceptors (Lipinski definition) is 6. The fourth-order valence-corrected chi connectivity index (χ4v) is 1.17. The smallest absolute Gasteiger partial charge is 0.305 e. The van der Waals surface area contributed by atoms with Crippen LogP contribution in [0.1, 0.15) is 45.4 Å². The Morgan fingerprint density at radius 1 is 1.05 bits per heavy atom. The number of aliphatic hydroxyl groups excluding tert-OH is 3. The highest BCUT2D eigenvalue weighted by molar-refractivity contribution is 5.80. The van der Waals surface area contributed by atoms with Gasteiger partial charge in [0, 0.05) is 19.6 Å². The zero-order valence-corrected chi connectivity index (χ0v) is 11.8. The van der Waals surface area contributed by atoms with E-state index in [-0.39, 0.29) is 37.8 Å². The van der Waals surface area contributed by atoms with Gasteiger partial charge in [0.1, 0.15) is 5.78 Å².